The van der Waals surface area contributed by atoms with Gasteiger partial charge < -0.3 is 15.0 Å². The molecule has 2 aromatic rings. The summed E-state index contributed by atoms with van der Waals surface area (Å²) in [6.45, 7) is 2.81. The van der Waals surface area contributed by atoms with Gasteiger partial charge in [-0.1, -0.05) is 23.2 Å². The lowest BCUT2D eigenvalue weighted by Crippen LogP contribution is -2.28. The van der Waals surface area contributed by atoms with Crippen LogP contribution >= 0.6 is 23.2 Å². The maximum absolute atomic E-state index is 12.5. The maximum Gasteiger partial charge on any atom is 0.229 e. The number of hydrogen-bond donors (Lipinski definition) is 1. The Hall–Kier alpha value is -2.24. The van der Waals surface area contributed by atoms with Crippen molar-refractivity contribution in [2.45, 2.75) is 13.3 Å². The summed E-state index contributed by atoms with van der Waals surface area (Å²) in [6.07, 6.45) is 0.157. The predicted octanol–water partition coefficient (Wildman–Crippen LogP) is 4.38. The van der Waals surface area contributed by atoms with E-state index in [4.69, 9.17) is 27.9 Å². The van der Waals surface area contributed by atoms with E-state index in [9.17, 15) is 9.59 Å². The second kappa shape index (κ2) is 7.98. The van der Waals surface area contributed by atoms with Gasteiger partial charge in [-0.15, -0.1) is 0 Å². The van der Waals surface area contributed by atoms with E-state index in [0.717, 1.165) is 11.4 Å². The first kappa shape index (κ1) is 18.5. The minimum atomic E-state index is -0.444. The highest BCUT2D eigenvalue weighted by atomic mass is 35.5. The largest absolute Gasteiger partial charge is 0.494 e. The van der Waals surface area contributed by atoms with Gasteiger partial charge in [0.2, 0.25) is 11.8 Å². The molecule has 0 aliphatic carbocycles. The molecule has 1 atom stereocenters. The van der Waals surface area contributed by atoms with Crippen LogP contribution in [0.15, 0.2) is 42.5 Å². The van der Waals surface area contributed by atoms with Crippen LogP contribution in [0.2, 0.25) is 10.0 Å². The summed E-state index contributed by atoms with van der Waals surface area (Å²) in [6, 6.07) is 12.1. The van der Waals surface area contributed by atoms with Crippen LogP contribution in [-0.4, -0.2) is 25.0 Å². The number of benzene rings is 2. The fraction of sp³-hybridized carbons (Fsp3) is 0.263. The lowest BCUT2D eigenvalue weighted by atomic mass is 10.1. The first-order chi connectivity index (χ1) is 12.5. The van der Waals surface area contributed by atoms with E-state index in [-0.39, 0.29) is 18.2 Å². The van der Waals surface area contributed by atoms with Gasteiger partial charge in [0.25, 0.3) is 0 Å². The Bertz CT molecular complexity index is 824. The molecule has 1 heterocycles. The Morgan fingerprint density at radius 2 is 1.96 bits per heavy atom. The summed E-state index contributed by atoms with van der Waals surface area (Å²) < 4.78 is 5.41. The molecule has 136 valence electrons. The third kappa shape index (κ3) is 4.11. The molecule has 1 aliphatic heterocycles. The normalized spacial score (nSPS) is 16.7. The van der Waals surface area contributed by atoms with Crippen LogP contribution in [0.5, 0.6) is 5.75 Å². The second-order valence-electron chi connectivity index (χ2n) is 5.95. The molecule has 0 saturated carbocycles. The van der Waals surface area contributed by atoms with Gasteiger partial charge in [-0.2, -0.15) is 0 Å². The predicted molar refractivity (Wildman–Crippen MR) is 103 cm³/mol. The minimum absolute atomic E-state index is 0.0866. The van der Waals surface area contributed by atoms with Crippen LogP contribution in [0.1, 0.15) is 13.3 Å². The summed E-state index contributed by atoms with van der Waals surface area (Å²) in [5.41, 5.74) is 1.23. The summed E-state index contributed by atoms with van der Waals surface area (Å²) in [5.74, 6) is -0.0251. The van der Waals surface area contributed by atoms with Crippen LogP contribution in [-0.2, 0) is 9.59 Å². The molecule has 0 unspecified atom stereocenters. The van der Waals surface area contributed by atoms with Crippen LogP contribution < -0.4 is 15.0 Å². The number of amides is 2. The third-order valence-corrected chi connectivity index (χ3v) is 4.69. The molecule has 3 rings (SSSR count). The monoisotopic (exact) mass is 392 g/mol. The first-order valence-electron chi connectivity index (χ1n) is 8.27. The summed E-state index contributed by atoms with van der Waals surface area (Å²) in [7, 11) is 0. The molecule has 7 heteroatoms. The van der Waals surface area contributed by atoms with E-state index >= 15 is 0 Å². The number of nitrogens with zero attached hydrogens (tertiary/aromatic N) is 1. The van der Waals surface area contributed by atoms with Gasteiger partial charge in [-0.3, -0.25) is 9.59 Å². The number of carbonyl (C=O) groups excluding carboxylic acids is 2. The molecule has 0 spiro atoms. The van der Waals surface area contributed by atoms with Crippen LogP contribution in [0, 0.1) is 5.92 Å². The van der Waals surface area contributed by atoms with Gasteiger partial charge in [0, 0.05) is 23.7 Å². The lowest BCUT2D eigenvalue weighted by Gasteiger charge is -2.17. The topological polar surface area (TPSA) is 58.6 Å². The van der Waals surface area contributed by atoms with E-state index in [1.807, 2.05) is 31.2 Å². The Morgan fingerprint density at radius 3 is 2.62 bits per heavy atom. The van der Waals surface area contributed by atoms with Crippen molar-refractivity contribution in [3.05, 3.63) is 52.5 Å². The molecule has 1 saturated heterocycles. The summed E-state index contributed by atoms with van der Waals surface area (Å²) in [5, 5.41) is 3.62. The van der Waals surface area contributed by atoms with E-state index < -0.39 is 5.92 Å². The van der Waals surface area contributed by atoms with E-state index in [0.29, 0.717) is 28.9 Å². The molecule has 1 N–H and O–H groups in total. The molecule has 1 aliphatic rings. The maximum atomic E-state index is 12.5. The van der Waals surface area contributed by atoms with Crippen molar-refractivity contribution in [1.29, 1.82) is 0 Å². The van der Waals surface area contributed by atoms with Gasteiger partial charge in [-0.25, -0.2) is 0 Å². The molecular formula is C19H18Cl2N2O3. The minimum Gasteiger partial charge on any atom is -0.494 e. The number of hydrogen-bond acceptors (Lipinski definition) is 3. The Balaban J connectivity index is 1.67. The molecule has 2 aromatic carbocycles. The Labute approximate surface area is 161 Å². The van der Waals surface area contributed by atoms with Crippen LogP contribution in [0.25, 0.3) is 0 Å². The van der Waals surface area contributed by atoms with Gasteiger partial charge in [0.15, 0.2) is 0 Å². The average Bonchev–Trinajstić information content (AvgIpc) is 3.00. The fourth-order valence-corrected chi connectivity index (χ4v) is 3.30. The summed E-state index contributed by atoms with van der Waals surface area (Å²) >= 11 is 11.9. The summed E-state index contributed by atoms with van der Waals surface area (Å²) in [4.78, 5) is 26.5. The standard InChI is InChI=1S/C19H18Cl2N2O3/c1-2-26-15-6-4-14(5-7-15)23-11-12(9-18(23)24)19(25)22-17-8-3-13(20)10-16(17)21/h3-8,10,12H,2,9,11H2,1H3,(H,22,25)/t12-/m1/s1. The second-order valence-corrected chi connectivity index (χ2v) is 6.79. The van der Waals surface area contributed by atoms with E-state index in [2.05, 4.69) is 5.32 Å². The van der Waals surface area contributed by atoms with Crippen molar-refractivity contribution >= 4 is 46.4 Å². The first-order valence-corrected chi connectivity index (χ1v) is 9.02. The number of anilines is 2. The number of nitrogens with one attached hydrogen (secondary N) is 1. The molecule has 26 heavy (non-hydrogen) atoms. The Kier molecular flexibility index (Phi) is 5.69. The SMILES string of the molecule is CCOc1ccc(N2C[C@H](C(=O)Nc3ccc(Cl)cc3Cl)CC2=O)cc1. The highest BCUT2D eigenvalue weighted by Gasteiger charge is 2.35. The molecule has 2 amide bonds. The van der Waals surface area contributed by atoms with Gasteiger partial charge in [0.05, 0.1) is 23.2 Å². The average molecular weight is 393 g/mol. The zero-order valence-corrected chi connectivity index (χ0v) is 15.7. The van der Waals surface area contributed by atoms with E-state index in [1.54, 1.807) is 23.1 Å². The van der Waals surface area contributed by atoms with Crippen molar-refractivity contribution in [1.82, 2.24) is 0 Å². The molecule has 0 aromatic heterocycles. The zero-order chi connectivity index (χ0) is 18.7. The molecule has 5 nitrogen and oxygen atoms in total. The van der Waals surface area contributed by atoms with Crippen LogP contribution in [0.4, 0.5) is 11.4 Å². The van der Waals surface area contributed by atoms with Gasteiger partial charge >= 0.3 is 0 Å². The van der Waals surface area contributed by atoms with Crippen molar-refractivity contribution in [2.75, 3.05) is 23.4 Å². The highest BCUT2D eigenvalue weighted by Crippen LogP contribution is 2.29. The van der Waals surface area contributed by atoms with Gasteiger partial charge in [-0.05, 0) is 49.4 Å². The fourth-order valence-electron chi connectivity index (χ4n) is 2.85. The van der Waals surface area contributed by atoms with Crippen LogP contribution in [0.3, 0.4) is 0 Å². The quantitative estimate of drug-likeness (QED) is 0.820. The smallest absolute Gasteiger partial charge is 0.229 e. The van der Waals surface area contributed by atoms with Crippen molar-refractivity contribution in [3.8, 4) is 5.75 Å². The molecule has 0 radical (unpaired) electrons. The third-order valence-electron chi connectivity index (χ3n) is 4.14. The van der Waals surface area contributed by atoms with Crippen molar-refractivity contribution < 1.29 is 14.3 Å². The number of rotatable bonds is 5. The number of carbonyl (C=O) groups is 2. The van der Waals surface area contributed by atoms with E-state index in [1.165, 1.54) is 0 Å². The number of halogens is 2. The molecule has 0 bridgehead atoms. The Morgan fingerprint density at radius 1 is 1.23 bits per heavy atom. The zero-order valence-electron chi connectivity index (χ0n) is 14.2. The molecule has 1 fully saturated rings. The van der Waals surface area contributed by atoms with Crippen molar-refractivity contribution in [2.24, 2.45) is 5.92 Å². The molecular weight excluding hydrogens is 375 g/mol. The highest BCUT2D eigenvalue weighted by molar-refractivity contribution is 6.36. The van der Waals surface area contributed by atoms with Crippen molar-refractivity contribution in [3.63, 3.8) is 0 Å². The van der Waals surface area contributed by atoms with Gasteiger partial charge in [0.1, 0.15) is 5.75 Å². The lowest BCUT2D eigenvalue weighted by molar-refractivity contribution is -0.122. The number of ether oxygens (including phenoxy) is 1.